The summed E-state index contributed by atoms with van der Waals surface area (Å²) in [5.41, 5.74) is 5.57. The maximum atomic E-state index is 12.7. The van der Waals surface area contributed by atoms with Crippen LogP contribution in [0.1, 0.15) is 45.4 Å². The molecule has 104 valence electrons. The van der Waals surface area contributed by atoms with E-state index in [1.807, 2.05) is 4.90 Å². The van der Waals surface area contributed by atoms with Gasteiger partial charge in [-0.1, -0.05) is 6.92 Å². The molecule has 0 radical (unpaired) electrons. The van der Waals surface area contributed by atoms with Gasteiger partial charge in [-0.15, -0.1) is 0 Å². The molecular formula is C14H26N2O2. The van der Waals surface area contributed by atoms with Crippen LogP contribution in [0.3, 0.4) is 0 Å². The van der Waals surface area contributed by atoms with Gasteiger partial charge in [-0.25, -0.2) is 0 Å². The molecule has 2 rings (SSSR count). The Morgan fingerprint density at radius 1 is 1.44 bits per heavy atom. The molecule has 2 aliphatic rings. The minimum absolute atomic E-state index is 0.155. The minimum atomic E-state index is -0.287. The van der Waals surface area contributed by atoms with Crippen molar-refractivity contribution < 1.29 is 9.90 Å². The predicted molar refractivity (Wildman–Crippen MR) is 70.9 cm³/mol. The normalized spacial score (nSPS) is 31.6. The number of hydrogen-bond acceptors (Lipinski definition) is 3. The van der Waals surface area contributed by atoms with Crippen molar-refractivity contribution in [2.45, 2.75) is 51.5 Å². The van der Waals surface area contributed by atoms with E-state index in [4.69, 9.17) is 10.8 Å². The van der Waals surface area contributed by atoms with E-state index in [9.17, 15) is 4.79 Å². The van der Waals surface area contributed by atoms with Crippen LogP contribution >= 0.6 is 0 Å². The Labute approximate surface area is 110 Å². The van der Waals surface area contributed by atoms with E-state index in [1.165, 1.54) is 6.42 Å². The summed E-state index contributed by atoms with van der Waals surface area (Å²) in [7, 11) is 0. The van der Waals surface area contributed by atoms with Crippen LogP contribution in [0.5, 0.6) is 0 Å². The standard InChI is InChI=1S/C14H26N2O2/c1-11-8-14(9-11,10-15)13(18)16(6-3-7-17)12-4-2-5-12/h11-12,17H,2-10,15H2,1H3. The van der Waals surface area contributed by atoms with Crippen molar-refractivity contribution in [3.63, 3.8) is 0 Å². The first-order valence-electron chi connectivity index (χ1n) is 7.25. The Morgan fingerprint density at radius 2 is 2.11 bits per heavy atom. The fourth-order valence-corrected chi connectivity index (χ4v) is 3.40. The van der Waals surface area contributed by atoms with E-state index in [1.54, 1.807) is 0 Å². The molecule has 4 nitrogen and oxygen atoms in total. The van der Waals surface area contributed by atoms with Gasteiger partial charge >= 0.3 is 0 Å². The molecule has 0 heterocycles. The Morgan fingerprint density at radius 3 is 2.50 bits per heavy atom. The maximum Gasteiger partial charge on any atom is 0.230 e. The summed E-state index contributed by atoms with van der Waals surface area (Å²) in [4.78, 5) is 14.7. The molecule has 2 fully saturated rings. The van der Waals surface area contributed by atoms with Gasteiger partial charge in [0.25, 0.3) is 0 Å². The summed E-state index contributed by atoms with van der Waals surface area (Å²) in [6.45, 7) is 3.50. The van der Waals surface area contributed by atoms with Crippen molar-refractivity contribution in [1.82, 2.24) is 4.90 Å². The van der Waals surface area contributed by atoms with E-state index in [0.29, 0.717) is 31.5 Å². The van der Waals surface area contributed by atoms with Gasteiger partial charge in [0, 0.05) is 25.7 Å². The number of carbonyl (C=O) groups excluding carboxylic acids is 1. The minimum Gasteiger partial charge on any atom is -0.396 e. The molecule has 2 aliphatic carbocycles. The van der Waals surface area contributed by atoms with Crippen molar-refractivity contribution in [2.24, 2.45) is 17.1 Å². The van der Waals surface area contributed by atoms with Gasteiger partial charge in [0.15, 0.2) is 0 Å². The first-order valence-corrected chi connectivity index (χ1v) is 7.25. The highest BCUT2D eigenvalue weighted by atomic mass is 16.3. The first kappa shape index (κ1) is 13.8. The molecule has 0 bridgehead atoms. The summed E-state index contributed by atoms with van der Waals surface area (Å²) in [6, 6.07) is 0.406. The molecule has 0 aromatic rings. The number of hydrogen-bond donors (Lipinski definition) is 2. The molecule has 0 spiro atoms. The number of aliphatic hydroxyl groups excluding tert-OH is 1. The highest BCUT2D eigenvalue weighted by Gasteiger charge is 2.50. The number of rotatable bonds is 6. The Hall–Kier alpha value is -0.610. The zero-order valence-corrected chi connectivity index (χ0v) is 11.4. The van der Waals surface area contributed by atoms with Crippen molar-refractivity contribution in [2.75, 3.05) is 19.7 Å². The molecule has 3 N–H and O–H groups in total. The van der Waals surface area contributed by atoms with Crippen LogP contribution < -0.4 is 5.73 Å². The second-order valence-corrected chi connectivity index (χ2v) is 6.16. The van der Waals surface area contributed by atoms with Gasteiger partial charge < -0.3 is 15.7 Å². The maximum absolute atomic E-state index is 12.7. The highest BCUT2D eigenvalue weighted by Crippen LogP contribution is 2.47. The smallest absolute Gasteiger partial charge is 0.230 e. The monoisotopic (exact) mass is 254 g/mol. The zero-order chi connectivity index (χ0) is 13.2. The SMILES string of the molecule is CC1CC(CN)(C(=O)N(CCCO)C2CCC2)C1. The molecule has 2 saturated carbocycles. The van der Waals surface area contributed by atoms with Crippen LogP contribution in [0.25, 0.3) is 0 Å². The van der Waals surface area contributed by atoms with Crippen molar-refractivity contribution in [3.8, 4) is 0 Å². The van der Waals surface area contributed by atoms with Gasteiger partial charge in [0.05, 0.1) is 5.41 Å². The Balaban J connectivity index is 2.02. The summed E-state index contributed by atoms with van der Waals surface area (Å²) < 4.78 is 0. The first-order chi connectivity index (χ1) is 8.63. The summed E-state index contributed by atoms with van der Waals surface area (Å²) in [5, 5.41) is 8.98. The number of nitrogens with zero attached hydrogens (tertiary/aromatic N) is 1. The van der Waals surface area contributed by atoms with Gasteiger partial charge in [0.1, 0.15) is 0 Å². The molecule has 4 heteroatoms. The zero-order valence-electron chi connectivity index (χ0n) is 11.4. The van der Waals surface area contributed by atoms with Gasteiger partial charge in [-0.3, -0.25) is 4.79 Å². The summed E-state index contributed by atoms with van der Waals surface area (Å²) in [5.74, 6) is 0.875. The third-order valence-electron chi connectivity index (χ3n) is 4.66. The molecular weight excluding hydrogens is 228 g/mol. The third kappa shape index (κ3) is 2.41. The highest BCUT2D eigenvalue weighted by molar-refractivity contribution is 5.84. The lowest BCUT2D eigenvalue weighted by molar-refractivity contribution is -0.154. The van der Waals surface area contributed by atoms with Crippen molar-refractivity contribution in [3.05, 3.63) is 0 Å². The fraction of sp³-hybridized carbons (Fsp3) is 0.929. The average Bonchev–Trinajstić information content (AvgIpc) is 2.26. The molecule has 0 saturated heterocycles. The van der Waals surface area contributed by atoms with E-state index in [2.05, 4.69) is 6.92 Å². The second kappa shape index (κ2) is 5.57. The number of nitrogens with two attached hydrogens (primary N) is 1. The van der Waals surface area contributed by atoms with Gasteiger partial charge in [-0.05, 0) is 44.4 Å². The largest absolute Gasteiger partial charge is 0.396 e. The molecule has 1 amide bonds. The number of carbonyl (C=O) groups is 1. The van der Waals surface area contributed by atoms with Crippen LogP contribution in [-0.2, 0) is 4.79 Å². The summed E-state index contributed by atoms with van der Waals surface area (Å²) in [6.07, 6.45) is 6.01. The van der Waals surface area contributed by atoms with Crippen LogP contribution in [0.4, 0.5) is 0 Å². The second-order valence-electron chi connectivity index (χ2n) is 6.16. The van der Waals surface area contributed by atoms with E-state index in [-0.39, 0.29) is 17.9 Å². The topological polar surface area (TPSA) is 66.6 Å². The van der Waals surface area contributed by atoms with Crippen molar-refractivity contribution in [1.29, 1.82) is 0 Å². The molecule has 0 aliphatic heterocycles. The van der Waals surface area contributed by atoms with E-state index < -0.39 is 0 Å². The van der Waals surface area contributed by atoms with Gasteiger partial charge in [-0.2, -0.15) is 0 Å². The van der Waals surface area contributed by atoms with E-state index in [0.717, 1.165) is 25.7 Å². The lowest BCUT2D eigenvalue weighted by Gasteiger charge is -2.49. The van der Waals surface area contributed by atoms with Crippen LogP contribution in [0.15, 0.2) is 0 Å². The number of amides is 1. The molecule has 0 atom stereocenters. The lowest BCUT2D eigenvalue weighted by atomic mass is 9.61. The lowest BCUT2D eigenvalue weighted by Crippen LogP contribution is -2.58. The predicted octanol–water partition coefficient (Wildman–Crippen LogP) is 1.12. The van der Waals surface area contributed by atoms with Gasteiger partial charge in [0.2, 0.25) is 5.91 Å². The quantitative estimate of drug-likeness (QED) is 0.746. The molecule has 0 unspecified atom stereocenters. The average molecular weight is 254 g/mol. The fourth-order valence-electron chi connectivity index (χ4n) is 3.40. The molecule has 18 heavy (non-hydrogen) atoms. The summed E-state index contributed by atoms with van der Waals surface area (Å²) >= 11 is 0. The van der Waals surface area contributed by atoms with E-state index >= 15 is 0 Å². The Kier molecular flexibility index (Phi) is 4.28. The molecule has 0 aromatic carbocycles. The van der Waals surface area contributed by atoms with Crippen molar-refractivity contribution >= 4 is 5.91 Å². The Bertz CT molecular complexity index is 296. The number of aliphatic hydroxyl groups is 1. The van der Waals surface area contributed by atoms with Crippen LogP contribution in [-0.4, -0.2) is 41.7 Å². The van der Waals surface area contributed by atoms with Crippen LogP contribution in [0, 0.1) is 11.3 Å². The van der Waals surface area contributed by atoms with Crippen LogP contribution in [0.2, 0.25) is 0 Å². The third-order valence-corrected chi connectivity index (χ3v) is 4.66. The molecule has 0 aromatic heterocycles.